The average molecular weight is 218 g/mol. The Labute approximate surface area is 95.9 Å². The van der Waals surface area contributed by atoms with Gasteiger partial charge in [-0.15, -0.1) is 0 Å². The van der Waals surface area contributed by atoms with Crippen molar-refractivity contribution in [2.45, 2.75) is 33.2 Å². The van der Waals surface area contributed by atoms with Crippen LogP contribution in [0.2, 0.25) is 0 Å². The van der Waals surface area contributed by atoms with Crippen LogP contribution in [0.5, 0.6) is 0 Å². The fourth-order valence-corrected chi connectivity index (χ4v) is 1.87. The summed E-state index contributed by atoms with van der Waals surface area (Å²) in [6.07, 6.45) is 5.83. The van der Waals surface area contributed by atoms with E-state index < -0.39 is 0 Å². The van der Waals surface area contributed by atoms with E-state index in [1.807, 2.05) is 24.1 Å². The van der Waals surface area contributed by atoms with E-state index in [0.717, 1.165) is 30.9 Å². The molecule has 2 aromatic heterocycles. The van der Waals surface area contributed by atoms with E-state index in [-0.39, 0.29) is 0 Å². The fraction of sp³-hybridized carbons (Fsp3) is 0.500. The second-order valence-corrected chi connectivity index (χ2v) is 3.93. The molecule has 0 aliphatic carbocycles. The van der Waals surface area contributed by atoms with Gasteiger partial charge in [0.25, 0.3) is 0 Å². The van der Waals surface area contributed by atoms with Crippen LogP contribution in [-0.4, -0.2) is 19.3 Å². The largest absolute Gasteiger partial charge is 0.329 e. The molecule has 16 heavy (non-hydrogen) atoms. The third kappa shape index (κ3) is 2.01. The minimum Gasteiger partial charge on any atom is -0.329 e. The Balaban J connectivity index is 2.23. The van der Waals surface area contributed by atoms with E-state index in [1.54, 1.807) is 0 Å². The van der Waals surface area contributed by atoms with Gasteiger partial charge in [-0.2, -0.15) is 5.10 Å². The van der Waals surface area contributed by atoms with Gasteiger partial charge in [0.2, 0.25) is 0 Å². The molecule has 0 aliphatic heterocycles. The van der Waals surface area contributed by atoms with Crippen LogP contribution < -0.4 is 0 Å². The second-order valence-electron chi connectivity index (χ2n) is 3.93. The second kappa shape index (κ2) is 4.51. The number of hydrogen-bond donors (Lipinski definition) is 0. The molecule has 0 saturated heterocycles. The molecule has 2 rings (SSSR count). The van der Waals surface area contributed by atoms with Crippen molar-refractivity contribution in [2.75, 3.05) is 0 Å². The summed E-state index contributed by atoms with van der Waals surface area (Å²) in [5, 5.41) is 4.45. The van der Waals surface area contributed by atoms with E-state index in [1.165, 1.54) is 5.69 Å². The van der Waals surface area contributed by atoms with Crippen LogP contribution in [0.3, 0.4) is 0 Å². The Bertz CT molecular complexity index is 467. The van der Waals surface area contributed by atoms with Crippen LogP contribution >= 0.6 is 0 Å². The van der Waals surface area contributed by atoms with Crippen LogP contribution in [0.25, 0.3) is 0 Å². The average Bonchev–Trinajstić information content (AvgIpc) is 2.86. The molecule has 4 heteroatoms. The van der Waals surface area contributed by atoms with Gasteiger partial charge in [-0.1, -0.05) is 13.8 Å². The van der Waals surface area contributed by atoms with E-state index in [2.05, 4.69) is 34.6 Å². The van der Waals surface area contributed by atoms with Gasteiger partial charge in [-0.25, -0.2) is 4.98 Å². The van der Waals surface area contributed by atoms with Gasteiger partial charge in [-0.05, 0) is 12.5 Å². The quantitative estimate of drug-likeness (QED) is 0.784. The molecule has 0 aromatic carbocycles. The summed E-state index contributed by atoms with van der Waals surface area (Å²) in [5.41, 5.74) is 2.38. The number of nitrogens with zero attached hydrogens (tertiary/aromatic N) is 4. The highest BCUT2D eigenvalue weighted by atomic mass is 15.3. The number of imidazole rings is 1. The van der Waals surface area contributed by atoms with Crippen molar-refractivity contribution >= 4 is 0 Å². The molecule has 0 amide bonds. The first-order valence-corrected chi connectivity index (χ1v) is 5.76. The summed E-state index contributed by atoms with van der Waals surface area (Å²) in [6.45, 7) is 5.10. The van der Waals surface area contributed by atoms with Crippen molar-refractivity contribution in [1.29, 1.82) is 0 Å². The minimum atomic E-state index is 0.854. The predicted octanol–water partition coefficient (Wildman–Crippen LogP) is 1.79. The summed E-state index contributed by atoms with van der Waals surface area (Å²) < 4.78 is 4.13. The van der Waals surface area contributed by atoms with Crippen molar-refractivity contribution in [3.8, 4) is 0 Å². The standard InChI is InChI=1S/C12H18N4/c1-4-10-8-11(15(3)14-10)9-16-7-6-13-12(16)5-2/h6-8H,4-5,9H2,1-3H3. The third-order valence-electron chi connectivity index (χ3n) is 2.84. The zero-order valence-corrected chi connectivity index (χ0v) is 10.1. The number of rotatable bonds is 4. The highest BCUT2D eigenvalue weighted by molar-refractivity contribution is 5.11. The number of aryl methyl sites for hydroxylation is 3. The zero-order chi connectivity index (χ0) is 11.5. The maximum atomic E-state index is 4.45. The van der Waals surface area contributed by atoms with Gasteiger partial charge in [0.15, 0.2) is 0 Å². The third-order valence-corrected chi connectivity index (χ3v) is 2.84. The minimum absolute atomic E-state index is 0.854. The zero-order valence-electron chi connectivity index (χ0n) is 10.1. The lowest BCUT2D eigenvalue weighted by Crippen LogP contribution is -2.07. The van der Waals surface area contributed by atoms with Crippen LogP contribution in [0, 0.1) is 0 Å². The molecule has 2 aromatic rings. The summed E-state index contributed by atoms with van der Waals surface area (Å²) in [4.78, 5) is 4.32. The maximum absolute atomic E-state index is 4.45. The summed E-state index contributed by atoms with van der Waals surface area (Å²) >= 11 is 0. The van der Waals surface area contributed by atoms with Gasteiger partial charge < -0.3 is 4.57 Å². The molecule has 0 spiro atoms. The predicted molar refractivity (Wildman–Crippen MR) is 63.3 cm³/mol. The first-order chi connectivity index (χ1) is 7.74. The molecule has 0 N–H and O–H groups in total. The Kier molecular flexibility index (Phi) is 3.08. The topological polar surface area (TPSA) is 35.6 Å². The molecule has 0 unspecified atom stereocenters. The Morgan fingerprint density at radius 2 is 2.06 bits per heavy atom. The molecule has 0 bridgehead atoms. The van der Waals surface area contributed by atoms with E-state index in [4.69, 9.17) is 0 Å². The lowest BCUT2D eigenvalue weighted by Gasteiger charge is -2.06. The molecule has 4 nitrogen and oxygen atoms in total. The van der Waals surface area contributed by atoms with Crippen molar-refractivity contribution in [3.05, 3.63) is 35.7 Å². The lowest BCUT2D eigenvalue weighted by atomic mass is 10.3. The summed E-state index contributed by atoms with van der Waals surface area (Å²) in [5.74, 6) is 1.12. The van der Waals surface area contributed by atoms with Gasteiger partial charge in [0.1, 0.15) is 5.82 Å². The normalized spacial score (nSPS) is 10.9. The van der Waals surface area contributed by atoms with Crippen molar-refractivity contribution in [3.63, 3.8) is 0 Å². The fourth-order valence-electron chi connectivity index (χ4n) is 1.87. The molecular weight excluding hydrogens is 200 g/mol. The molecule has 2 heterocycles. The molecular formula is C12H18N4. The Morgan fingerprint density at radius 3 is 2.69 bits per heavy atom. The Morgan fingerprint density at radius 1 is 1.25 bits per heavy atom. The van der Waals surface area contributed by atoms with Crippen LogP contribution in [0.1, 0.15) is 31.1 Å². The first kappa shape index (κ1) is 10.9. The van der Waals surface area contributed by atoms with Crippen LogP contribution in [-0.2, 0) is 26.4 Å². The van der Waals surface area contributed by atoms with Gasteiger partial charge >= 0.3 is 0 Å². The summed E-state index contributed by atoms with van der Waals surface area (Å²) in [7, 11) is 2.00. The molecule has 0 atom stereocenters. The first-order valence-electron chi connectivity index (χ1n) is 5.76. The van der Waals surface area contributed by atoms with Gasteiger partial charge in [-0.3, -0.25) is 4.68 Å². The summed E-state index contributed by atoms with van der Waals surface area (Å²) in [6, 6.07) is 2.17. The molecule has 0 aliphatic rings. The van der Waals surface area contributed by atoms with E-state index in [0.29, 0.717) is 0 Å². The maximum Gasteiger partial charge on any atom is 0.108 e. The van der Waals surface area contributed by atoms with Crippen LogP contribution in [0.4, 0.5) is 0 Å². The molecule has 0 fully saturated rings. The highest BCUT2D eigenvalue weighted by Crippen LogP contribution is 2.08. The SMILES string of the molecule is CCc1cc(Cn2ccnc2CC)n(C)n1. The highest BCUT2D eigenvalue weighted by Gasteiger charge is 2.06. The number of hydrogen-bond acceptors (Lipinski definition) is 2. The van der Waals surface area contributed by atoms with Gasteiger partial charge in [0, 0.05) is 25.9 Å². The van der Waals surface area contributed by atoms with E-state index >= 15 is 0 Å². The van der Waals surface area contributed by atoms with Crippen molar-refractivity contribution in [1.82, 2.24) is 19.3 Å². The van der Waals surface area contributed by atoms with Crippen LogP contribution in [0.15, 0.2) is 18.5 Å². The smallest absolute Gasteiger partial charge is 0.108 e. The van der Waals surface area contributed by atoms with Crippen molar-refractivity contribution in [2.24, 2.45) is 7.05 Å². The lowest BCUT2D eigenvalue weighted by molar-refractivity contribution is 0.643. The monoisotopic (exact) mass is 218 g/mol. The molecule has 0 saturated carbocycles. The molecule has 86 valence electrons. The van der Waals surface area contributed by atoms with Crippen molar-refractivity contribution < 1.29 is 0 Å². The molecule has 0 radical (unpaired) electrons. The number of aromatic nitrogens is 4. The van der Waals surface area contributed by atoms with Gasteiger partial charge in [0.05, 0.1) is 17.9 Å². The van der Waals surface area contributed by atoms with E-state index in [9.17, 15) is 0 Å². The Hall–Kier alpha value is -1.58.